The van der Waals surface area contributed by atoms with Crippen LogP contribution in [0.5, 0.6) is 0 Å². The van der Waals surface area contributed by atoms with Gasteiger partial charge < -0.3 is 0 Å². The van der Waals surface area contributed by atoms with E-state index in [0.717, 1.165) is 5.92 Å². The molecule has 0 radical (unpaired) electrons. The molecule has 0 saturated heterocycles. The lowest BCUT2D eigenvalue weighted by molar-refractivity contribution is 0.440. The number of unbranched alkanes of at least 4 members (excludes halogenated alkanes) is 18. The van der Waals surface area contributed by atoms with E-state index in [0.29, 0.717) is 0 Å². The Labute approximate surface area is 168 Å². The molecule has 0 aromatic heterocycles. The van der Waals surface area contributed by atoms with Crippen LogP contribution in [0.4, 0.5) is 0 Å². The Hall–Kier alpha value is 0. The smallest absolute Gasteiger partial charge is 0.0443 e. The first-order valence-electron chi connectivity index (χ1n) is 12.8. The quantitative estimate of drug-likeness (QED) is 0.167. The molecule has 0 aliphatic heterocycles. The molecule has 1 atom stereocenters. The van der Waals surface area contributed by atoms with Crippen LogP contribution in [0, 0.1) is 5.92 Å². The SMILES string of the molecule is CCCCCCCCCCCCCCCCCCCCC(C)CCCC. The van der Waals surface area contributed by atoms with Gasteiger partial charge in [-0.15, -0.1) is 0 Å². The molecule has 0 aliphatic carbocycles. The molecule has 0 spiro atoms. The largest absolute Gasteiger partial charge is 0.0654 e. The maximum absolute atomic E-state index is 2.45. The van der Waals surface area contributed by atoms with Gasteiger partial charge in [-0.3, -0.25) is 0 Å². The first-order valence-corrected chi connectivity index (χ1v) is 12.8. The Morgan fingerprint density at radius 2 is 0.615 bits per heavy atom. The lowest BCUT2D eigenvalue weighted by Gasteiger charge is -2.10. The molecule has 0 aliphatic rings. The third-order valence-corrected chi connectivity index (χ3v) is 6.10. The van der Waals surface area contributed by atoms with Crippen LogP contribution >= 0.6 is 0 Å². The van der Waals surface area contributed by atoms with Crippen LogP contribution in [-0.2, 0) is 0 Å². The number of rotatable bonds is 22. The van der Waals surface area contributed by atoms with E-state index in [1.54, 1.807) is 0 Å². The van der Waals surface area contributed by atoms with Crippen molar-refractivity contribution in [2.24, 2.45) is 5.92 Å². The zero-order chi connectivity index (χ0) is 19.1. The monoisotopic (exact) mass is 366 g/mol. The van der Waals surface area contributed by atoms with Gasteiger partial charge in [0.1, 0.15) is 0 Å². The van der Waals surface area contributed by atoms with Gasteiger partial charge in [-0.05, 0) is 5.92 Å². The molecule has 0 heterocycles. The van der Waals surface area contributed by atoms with E-state index >= 15 is 0 Å². The van der Waals surface area contributed by atoms with E-state index in [4.69, 9.17) is 0 Å². The standard InChI is InChI=1S/C26H54/c1-4-6-8-9-10-11-12-13-14-15-16-17-18-19-20-21-22-23-25-26(3)24-7-5-2/h26H,4-25H2,1-3H3. The van der Waals surface area contributed by atoms with Crippen LogP contribution in [0.15, 0.2) is 0 Å². The van der Waals surface area contributed by atoms with Crippen molar-refractivity contribution >= 4 is 0 Å². The molecular formula is C26H54. The number of hydrogen-bond acceptors (Lipinski definition) is 0. The second-order valence-corrected chi connectivity index (χ2v) is 9.05. The van der Waals surface area contributed by atoms with Gasteiger partial charge in [0.25, 0.3) is 0 Å². The summed E-state index contributed by atoms with van der Waals surface area (Å²) in [7, 11) is 0. The predicted molar refractivity (Wildman–Crippen MR) is 122 cm³/mol. The molecule has 0 amide bonds. The van der Waals surface area contributed by atoms with Crippen LogP contribution < -0.4 is 0 Å². The molecule has 0 aromatic carbocycles. The molecule has 0 rings (SSSR count). The van der Waals surface area contributed by atoms with Gasteiger partial charge in [0.15, 0.2) is 0 Å². The van der Waals surface area contributed by atoms with Crippen molar-refractivity contribution in [3.8, 4) is 0 Å². The van der Waals surface area contributed by atoms with E-state index in [1.807, 2.05) is 0 Å². The zero-order valence-corrected chi connectivity index (χ0v) is 19.1. The van der Waals surface area contributed by atoms with Crippen molar-refractivity contribution in [2.45, 2.75) is 162 Å². The zero-order valence-electron chi connectivity index (χ0n) is 19.1. The summed E-state index contributed by atoms with van der Waals surface area (Å²) in [6, 6.07) is 0. The normalized spacial score (nSPS) is 12.6. The first-order chi connectivity index (χ1) is 12.8. The van der Waals surface area contributed by atoms with Crippen molar-refractivity contribution in [2.75, 3.05) is 0 Å². The lowest BCUT2D eigenvalue weighted by Crippen LogP contribution is -1.94. The molecule has 0 bridgehead atoms. The molecule has 0 saturated carbocycles. The molecular weight excluding hydrogens is 312 g/mol. The molecule has 0 fully saturated rings. The van der Waals surface area contributed by atoms with Crippen molar-refractivity contribution in [1.29, 1.82) is 0 Å². The highest BCUT2D eigenvalue weighted by molar-refractivity contribution is 4.55. The van der Waals surface area contributed by atoms with Gasteiger partial charge in [0.05, 0.1) is 0 Å². The fourth-order valence-electron chi connectivity index (χ4n) is 4.09. The van der Waals surface area contributed by atoms with Gasteiger partial charge in [0, 0.05) is 0 Å². The van der Waals surface area contributed by atoms with Gasteiger partial charge in [-0.25, -0.2) is 0 Å². The summed E-state index contributed by atoms with van der Waals surface area (Å²) in [6.45, 7) is 7.06. The first kappa shape index (κ1) is 26.0. The number of hydrogen-bond donors (Lipinski definition) is 0. The molecule has 0 heteroatoms. The average molecular weight is 367 g/mol. The molecule has 158 valence electrons. The summed E-state index contributed by atoms with van der Waals surface area (Å²) in [5, 5.41) is 0. The van der Waals surface area contributed by atoms with E-state index in [-0.39, 0.29) is 0 Å². The summed E-state index contributed by atoms with van der Waals surface area (Å²) in [5.41, 5.74) is 0. The maximum Gasteiger partial charge on any atom is -0.0443 e. The van der Waals surface area contributed by atoms with Crippen LogP contribution in [-0.4, -0.2) is 0 Å². The average Bonchev–Trinajstić information content (AvgIpc) is 2.65. The third kappa shape index (κ3) is 22.0. The van der Waals surface area contributed by atoms with Crippen molar-refractivity contribution < 1.29 is 0 Å². The van der Waals surface area contributed by atoms with E-state index in [9.17, 15) is 0 Å². The topological polar surface area (TPSA) is 0 Å². The highest BCUT2D eigenvalue weighted by Gasteiger charge is 2.01. The Morgan fingerprint density at radius 3 is 0.962 bits per heavy atom. The van der Waals surface area contributed by atoms with Gasteiger partial charge in [-0.2, -0.15) is 0 Å². The lowest BCUT2D eigenvalue weighted by atomic mass is 9.97. The minimum Gasteiger partial charge on any atom is -0.0654 e. The van der Waals surface area contributed by atoms with Crippen LogP contribution in [0.25, 0.3) is 0 Å². The summed E-state index contributed by atoms with van der Waals surface area (Å²) >= 11 is 0. The summed E-state index contributed by atoms with van der Waals surface area (Å²) in [6.07, 6.45) is 32.3. The Kier molecular flexibility index (Phi) is 23.0. The van der Waals surface area contributed by atoms with Crippen molar-refractivity contribution in [3.63, 3.8) is 0 Å². The second kappa shape index (κ2) is 23.0. The molecule has 0 nitrogen and oxygen atoms in total. The summed E-state index contributed by atoms with van der Waals surface area (Å²) in [5.74, 6) is 0.969. The third-order valence-electron chi connectivity index (χ3n) is 6.10. The van der Waals surface area contributed by atoms with E-state index in [1.165, 1.54) is 141 Å². The molecule has 0 aromatic rings. The highest BCUT2D eigenvalue weighted by atomic mass is 14.1. The highest BCUT2D eigenvalue weighted by Crippen LogP contribution is 2.18. The Bertz CT molecular complexity index is 232. The van der Waals surface area contributed by atoms with Gasteiger partial charge >= 0.3 is 0 Å². The van der Waals surface area contributed by atoms with Gasteiger partial charge in [0.2, 0.25) is 0 Å². The maximum atomic E-state index is 2.45. The Balaban J connectivity index is 3.03. The van der Waals surface area contributed by atoms with Crippen molar-refractivity contribution in [3.05, 3.63) is 0 Å². The van der Waals surface area contributed by atoms with Crippen molar-refractivity contribution in [1.82, 2.24) is 0 Å². The second-order valence-electron chi connectivity index (χ2n) is 9.05. The minimum absolute atomic E-state index is 0.969. The van der Waals surface area contributed by atoms with E-state index < -0.39 is 0 Å². The predicted octanol–water partition coefficient (Wildman–Crippen LogP) is 10.2. The minimum atomic E-state index is 0.969. The summed E-state index contributed by atoms with van der Waals surface area (Å²) < 4.78 is 0. The molecule has 1 unspecified atom stereocenters. The fourth-order valence-corrected chi connectivity index (χ4v) is 4.09. The van der Waals surface area contributed by atoms with Crippen LogP contribution in [0.1, 0.15) is 162 Å². The summed E-state index contributed by atoms with van der Waals surface area (Å²) in [4.78, 5) is 0. The van der Waals surface area contributed by atoms with Gasteiger partial charge in [-0.1, -0.05) is 162 Å². The fraction of sp³-hybridized carbons (Fsp3) is 1.00. The Morgan fingerprint density at radius 1 is 0.346 bits per heavy atom. The molecule has 26 heavy (non-hydrogen) atoms. The molecule has 0 N–H and O–H groups in total. The van der Waals surface area contributed by atoms with Crippen LogP contribution in [0.3, 0.4) is 0 Å². The van der Waals surface area contributed by atoms with E-state index in [2.05, 4.69) is 20.8 Å². The van der Waals surface area contributed by atoms with Crippen LogP contribution in [0.2, 0.25) is 0 Å².